The Hall–Kier alpha value is -7.48. The molecule has 0 amide bonds. The maximum absolute atomic E-state index is 2.38. The van der Waals surface area contributed by atoms with E-state index in [1.807, 2.05) is 0 Å². The molecular formula is C56H39N. The fraction of sp³-hybridized carbons (Fsp3) is 0. The van der Waals surface area contributed by atoms with Crippen LogP contribution in [0.4, 0.5) is 17.1 Å². The molecule has 57 heavy (non-hydrogen) atoms. The van der Waals surface area contributed by atoms with Gasteiger partial charge >= 0.3 is 0 Å². The molecule has 0 aliphatic heterocycles. The van der Waals surface area contributed by atoms with Crippen LogP contribution < -0.4 is 4.90 Å². The molecule has 0 N–H and O–H groups in total. The van der Waals surface area contributed by atoms with Gasteiger partial charge in [0, 0.05) is 16.8 Å². The van der Waals surface area contributed by atoms with Gasteiger partial charge < -0.3 is 4.90 Å². The first-order valence-corrected chi connectivity index (χ1v) is 19.6. The smallest absolute Gasteiger partial charge is 0.0540 e. The molecule has 10 rings (SSSR count). The highest BCUT2D eigenvalue weighted by atomic mass is 15.1. The van der Waals surface area contributed by atoms with Crippen molar-refractivity contribution in [2.75, 3.05) is 4.90 Å². The Morgan fingerprint density at radius 2 is 0.649 bits per heavy atom. The fourth-order valence-electron chi connectivity index (χ4n) is 8.21. The molecule has 0 bridgehead atoms. The third kappa shape index (κ3) is 6.66. The summed E-state index contributed by atoms with van der Waals surface area (Å²) in [5.41, 5.74) is 15.5. The number of rotatable bonds is 8. The van der Waals surface area contributed by atoms with Crippen LogP contribution >= 0.6 is 0 Å². The lowest BCUT2D eigenvalue weighted by Crippen LogP contribution is -2.10. The number of hydrogen-bond acceptors (Lipinski definition) is 1. The van der Waals surface area contributed by atoms with Crippen molar-refractivity contribution in [3.05, 3.63) is 237 Å². The molecule has 0 fully saturated rings. The van der Waals surface area contributed by atoms with E-state index in [0.29, 0.717) is 0 Å². The van der Waals surface area contributed by atoms with Gasteiger partial charge in [0.2, 0.25) is 0 Å². The van der Waals surface area contributed by atoms with E-state index in [9.17, 15) is 0 Å². The van der Waals surface area contributed by atoms with Gasteiger partial charge in [0.25, 0.3) is 0 Å². The molecule has 0 atom stereocenters. The van der Waals surface area contributed by atoms with Gasteiger partial charge in [-0.2, -0.15) is 0 Å². The van der Waals surface area contributed by atoms with Gasteiger partial charge in [-0.25, -0.2) is 0 Å². The maximum atomic E-state index is 2.38. The quantitative estimate of drug-likeness (QED) is 0.151. The molecule has 0 aliphatic rings. The summed E-state index contributed by atoms with van der Waals surface area (Å²) in [7, 11) is 0. The molecule has 268 valence electrons. The molecule has 0 spiro atoms. The normalized spacial score (nSPS) is 11.2. The zero-order valence-electron chi connectivity index (χ0n) is 31.5. The van der Waals surface area contributed by atoms with E-state index in [0.717, 1.165) is 17.1 Å². The highest BCUT2D eigenvalue weighted by Crippen LogP contribution is 2.41. The Bertz CT molecular complexity index is 2950. The zero-order valence-corrected chi connectivity index (χ0v) is 31.5. The second-order valence-corrected chi connectivity index (χ2v) is 14.5. The minimum atomic E-state index is 1.10. The Balaban J connectivity index is 1.01. The summed E-state index contributed by atoms with van der Waals surface area (Å²) in [6.45, 7) is 0. The van der Waals surface area contributed by atoms with Crippen LogP contribution in [-0.4, -0.2) is 0 Å². The van der Waals surface area contributed by atoms with Crippen LogP contribution in [-0.2, 0) is 0 Å². The zero-order chi connectivity index (χ0) is 38.0. The molecule has 0 heterocycles. The van der Waals surface area contributed by atoms with Crippen molar-refractivity contribution in [3.8, 4) is 55.6 Å². The van der Waals surface area contributed by atoms with Gasteiger partial charge in [0.15, 0.2) is 0 Å². The summed E-state index contributed by atoms with van der Waals surface area (Å²) in [5, 5.41) is 4.96. The molecule has 0 saturated carbocycles. The van der Waals surface area contributed by atoms with Crippen LogP contribution in [0.1, 0.15) is 0 Å². The second kappa shape index (κ2) is 15.0. The van der Waals surface area contributed by atoms with Crippen molar-refractivity contribution in [2.24, 2.45) is 0 Å². The first-order valence-electron chi connectivity index (χ1n) is 19.6. The highest BCUT2D eigenvalue weighted by Gasteiger charge is 2.17. The SMILES string of the molecule is c1ccc(-c2ccc(-c3ccc(N(c4ccc(-c5ccc(-c6cccc7ccccc67)cc5)cc4)c4cccc5ccccc45)cc3)cc2-c2ccccc2)cc1. The van der Waals surface area contributed by atoms with Gasteiger partial charge in [0.1, 0.15) is 0 Å². The first-order chi connectivity index (χ1) is 28.3. The highest BCUT2D eigenvalue weighted by molar-refractivity contribution is 6.00. The average molecular weight is 726 g/mol. The standard InChI is InChI=1S/C56H39N/c1-3-13-43(14-4-1)53-38-33-48(39-55(53)46-15-5-2-6-16-46)42-31-36-50(37-32-42)57(56-24-12-20-45-18-8-10-22-54(45)56)49-34-29-41(30-35-49)40-25-27-47(28-26-40)52-23-11-19-44-17-7-9-21-51(44)52/h1-39H. The van der Waals surface area contributed by atoms with E-state index >= 15 is 0 Å². The fourth-order valence-corrected chi connectivity index (χ4v) is 8.21. The van der Waals surface area contributed by atoms with E-state index in [2.05, 4.69) is 241 Å². The van der Waals surface area contributed by atoms with E-state index in [1.54, 1.807) is 0 Å². The minimum absolute atomic E-state index is 1.10. The number of nitrogens with zero attached hydrogens (tertiary/aromatic N) is 1. The van der Waals surface area contributed by atoms with Gasteiger partial charge in [-0.3, -0.25) is 0 Å². The topological polar surface area (TPSA) is 3.24 Å². The molecule has 0 radical (unpaired) electrons. The number of anilines is 3. The van der Waals surface area contributed by atoms with Crippen molar-refractivity contribution in [2.45, 2.75) is 0 Å². The predicted molar refractivity (Wildman–Crippen MR) is 243 cm³/mol. The second-order valence-electron chi connectivity index (χ2n) is 14.5. The maximum Gasteiger partial charge on any atom is 0.0540 e. The van der Waals surface area contributed by atoms with Crippen molar-refractivity contribution in [1.29, 1.82) is 0 Å². The van der Waals surface area contributed by atoms with Crippen LogP contribution in [0, 0.1) is 0 Å². The van der Waals surface area contributed by atoms with Gasteiger partial charge in [0.05, 0.1) is 5.69 Å². The molecule has 1 nitrogen and oxygen atoms in total. The molecule has 0 aromatic heterocycles. The van der Waals surface area contributed by atoms with E-state index in [4.69, 9.17) is 0 Å². The molecule has 1 heteroatoms. The molecular weight excluding hydrogens is 687 g/mol. The van der Waals surface area contributed by atoms with Crippen LogP contribution in [0.25, 0.3) is 77.2 Å². The minimum Gasteiger partial charge on any atom is -0.310 e. The third-order valence-corrected chi connectivity index (χ3v) is 11.1. The summed E-state index contributed by atoms with van der Waals surface area (Å²) < 4.78 is 0. The first kappa shape index (κ1) is 34.0. The predicted octanol–water partition coefficient (Wildman–Crippen LogP) is 15.8. The summed E-state index contributed by atoms with van der Waals surface area (Å²) in [6.07, 6.45) is 0. The van der Waals surface area contributed by atoms with Gasteiger partial charge in [-0.1, -0.05) is 200 Å². The largest absolute Gasteiger partial charge is 0.310 e. The average Bonchev–Trinajstić information content (AvgIpc) is 3.30. The molecule has 10 aromatic carbocycles. The lowest BCUT2D eigenvalue weighted by atomic mass is 9.91. The van der Waals surface area contributed by atoms with Crippen LogP contribution in [0.15, 0.2) is 237 Å². The number of fused-ring (bicyclic) bond motifs is 2. The summed E-state index contributed by atoms with van der Waals surface area (Å²) in [4.78, 5) is 2.38. The number of benzene rings is 10. The lowest BCUT2D eigenvalue weighted by Gasteiger charge is -2.27. The molecule has 0 unspecified atom stereocenters. The summed E-state index contributed by atoms with van der Waals surface area (Å²) in [6, 6.07) is 85.5. The van der Waals surface area contributed by atoms with E-state index < -0.39 is 0 Å². The Kier molecular flexibility index (Phi) is 8.95. The summed E-state index contributed by atoms with van der Waals surface area (Å²) >= 11 is 0. The molecule has 0 aliphatic carbocycles. The Labute approximate surface area is 334 Å². The summed E-state index contributed by atoms with van der Waals surface area (Å²) in [5.74, 6) is 0. The van der Waals surface area contributed by atoms with Gasteiger partial charge in [-0.15, -0.1) is 0 Å². The van der Waals surface area contributed by atoms with Crippen molar-refractivity contribution >= 4 is 38.6 Å². The third-order valence-electron chi connectivity index (χ3n) is 11.1. The van der Waals surface area contributed by atoms with Crippen molar-refractivity contribution < 1.29 is 0 Å². The van der Waals surface area contributed by atoms with E-state index in [-0.39, 0.29) is 0 Å². The lowest BCUT2D eigenvalue weighted by molar-refractivity contribution is 1.30. The molecule has 0 saturated heterocycles. The van der Waals surface area contributed by atoms with Crippen LogP contribution in [0.5, 0.6) is 0 Å². The Morgan fingerprint density at radius 1 is 0.228 bits per heavy atom. The van der Waals surface area contributed by atoms with Crippen molar-refractivity contribution in [3.63, 3.8) is 0 Å². The van der Waals surface area contributed by atoms with Gasteiger partial charge in [-0.05, 0) is 108 Å². The molecule has 10 aromatic rings. The monoisotopic (exact) mass is 725 g/mol. The number of hydrogen-bond donors (Lipinski definition) is 0. The Morgan fingerprint density at radius 3 is 1.28 bits per heavy atom. The van der Waals surface area contributed by atoms with Crippen molar-refractivity contribution in [1.82, 2.24) is 0 Å². The van der Waals surface area contributed by atoms with Crippen LogP contribution in [0.2, 0.25) is 0 Å². The van der Waals surface area contributed by atoms with Crippen LogP contribution in [0.3, 0.4) is 0 Å². The van der Waals surface area contributed by atoms with E-state index in [1.165, 1.54) is 77.2 Å².